The molecule has 6 unspecified atom stereocenters. The van der Waals surface area contributed by atoms with Gasteiger partial charge >= 0.3 is 18.0 Å². The van der Waals surface area contributed by atoms with Crippen LogP contribution in [-0.2, 0) is 48.1 Å². The number of esters is 2. The number of benzene rings is 4. The van der Waals surface area contributed by atoms with Gasteiger partial charge < -0.3 is 34.7 Å². The molecule has 6 rings (SSSR count). The fraction of sp³-hybridized carbons (Fsp3) is 0.413. The van der Waals surface area contributed by atoms with Crippen LogP contribution in [0.25, 0.3) is 11.1 Å². The first kappa shape index (κ1) is 41.6. The first-order valence-corrected chi connectivity index (χ1v) is 19.7. The Labute approximate surface area is 335 Å². The standard InChI is InChI=1S/C46H55N3O8/c1-30-40(28-49-24-10-15-39(49)43(52)57-46(2,3)4)55-44(56-41(30)35-18-16-32(29-50)17-19-35)36-22-20-34(21-23-36)37-14-9-13-33(25-37)27-47-45(53)48-38(42(51)54-5)26-31-11-7-6-8-12-31/h6-9,11-14,16-23,25,30,38-41,44,50H,10,15,24,26-29H2,1-5H3,(H2,47,48,53). The van der Waals surface area contributed by atoms with Crippen LogP contribution in [0.3, 0.4) is 0 Å². The molecule has 302 valence electrons. The summed E-state index contributed by atoms with van der Waals surface area (Å²) in [5.74, 6) is -0.745. The summed E-state index contributed by atoms with van der Waals surface area (Å²) in [7, 11) is 1.31. The SMILES string of the molecule is COC(=O)C(Cc1ccccc1)NC(=O)NCc1cccc(-c2ccc(C3OC(CN4CCCC4C(=O)OC(C)(C)C)C(C)C(c4ccc(CO)cc4)O3)cc2)c1. The summed E-state index contributed by atoms with van der Waals surface area (Å²) in [5.41, 5.74) is 5.87. The van der Waals surface area contributed by atoms with Crippen LogP contribution < -0.4 is 10.6 Å². The van der Waals surface area contributed by atoms with Crippen LogP contribution in [0.1, 0.15) is 80.7 Å². The fourth-order valence-corrected chi connectivity index (χ4v) is 7.51. The Morgan fingerprint density at radius 3 is 2.25 bits per heavy atom. The predicted molar refractivity (Wildman–Crippen MR) is 217 cm³/mol. The molecule has 2 aliphatic heterocycles. The summed E-state index contributed by atoms with van der Waals surface area (Å²) in [6.07, 6.45) is 0.790. The number of nitrogens with zero attached hydrogens (tertiary/aromatic N) is 1. The van der Waals surface area contributed by atoms with Crippen molar-refractivity contribution in [2.24, 2.45) is 5.92 Å². The molecule has 2 saturated heterocycles. The minimum Gasteiger partial charge on any atom is -0.467 e. The van der Waals surface area contributed by atoms with Crippen molar-refractivity contribution in [2.75, 3.05) is 20.2 Å². The van der Waals surface area contributed by atoms with E-state index in [1.165, 1.54) is 7.11 Å². The molecule has 0 bridgehead atoms. The smallest absolute Gasteiger partial charge is 0.328 e. The first-order valence-electron chi connectivity index (χ1n) is 19.7. The number of nitrogens with one attached hydrogen (secondary N) is 2. The molecule has 2 aliphatic rings. The maximum absolute atomic E-state index is 13.2. The van der Waals surface area contributed by atoms with E-state index in [2.05, 4.69) is 22.5 Å². The van der Waals surface area contributed by atoms with Gasteiger partial charge in [0.25, 0.3) is 0 Å². The van der Waals surface area contributed by atoms with Crippen molar-refractivity contribution in [3.8, 4) is 11.1 Å². The summed E-state index contributed by atoms with van der Waals surface area (Å²) in [6.45, 7) is 9.37. The number of rotatable bonds is 13. The molecule has 3 N–H and O–H groups in total. The number of amides is 2. The van der Waals surface area contributed by atoms with E-state index in [0.29, 0.717) is 13.0 Å². The molecule has 11 nitrogen and oxygen atoms in total. The minimum absolute atomic E-state index is 0.0333. The minimum atomic E-state index is -0.825. The predicted octanol–water partition coefficient (Wildman–Crippen LogP) is 7.03. The van der Waals surface area contributed by atoms with Crippen LogP contribution in [0.4, 0.5) is 4.79 Å². The number of carbonyl (C=O) groups is 3. The summed E-state index contributed by atoms with van der Waals surface area (Å²) in [6, 6.07) is 31.7. The van der Waals surface area contributed by atoms with E-state index in [-0.39, 0.29) is 43.3 Å². The van der Waals surface area contributed by atoms with Gasteiger partial charge in [-0.3, -0.25) is 9.69 Å². The Morgan fingerprint density at radius 1 is 0.860 bits per heavy atom. The van der Waals surface area contributed by atoms with Crippen molar-refractivity contribution >= 4 is 18.0 Å². The maximum atomic E-state index is 13.2. The van der Waals surface area contributed by atoms with Crippen LogP contribution in [-0.4, -0.2) is 72.0 Å². The molecule has 11 heteroatoms. The molecule has 0 aliphatic carbocycles. The lowest BCUT2D eigenvalue weighted by Gasteiger charge is -2.43. The van der Waals surface area contributed by atoms with Gasteiger partial charge in [0, 0.05) is 31.0 Å². The number of likely N-dealkylation sites (tertiary alicyclic amines) is 1. The van der Waals surface area contributed by atoms with Crippen LogP contribution in [0.15, 0.2) is 103 Å². The number of carbonyl (C=O) groups excluding carboxylic acids is 3. The van der Waals surface area contributed by atoms with Gasteiger partial charge in [-0.2, -0.15) is 0 Å². The second kappa shape index (κ2) is 18.9. The van der Waals surface area contributed by atoms with Crippen LogP contribution in [0, 0.1) is 5.92 Å². The highest BCUT2D eigenvalue weighted by Gasteiger charge is 2.42. The van der Waals surface area contributed by atoms with Gasteiger partial charge in [0.15, 0.2) is 6.29 Å². The summed E-state index contributed by atoms with van der Waals surface area (Å²) >= 11 is 0. The zero-order valence-electron chi connectivity index (χ0n) is 33.5. The highest BCUT2D eigenvalue weighted by molar-refractivity contribution is 5.83. The lowest BCUT2D eigenvalue weighted by atomic mass is 9.89. The number of aliphatic hydroxyl groups is 1. The third-order valence-corrected chi connectivity index (χ3v) is 10.6. The monoisotopic (exact) mass is 777 g/mol. The van der Waals surface area contributed by atoms with Gasteiger partial charge in [-0.05, 0) is 79.6 Å². The van der Waals surface area contributed by atoms with Gasteiger partial charge in [0.05, 0.1) is 25.9 Å². The van der Waals surface area contributed by atoms with Crippen molar-refractivity contribution in [1.29, 1.82) is 0 Å². The Morgan fingerprint density at radius 2 is 1.56 bits per heavy atom. The molecule has 2 heterocycles. The van der Waals surface area contributed by atoms with Crippen molar-refractivity contribution in [2.45, 2.75) is 96.3 Å². The lowest BCUT2D eigenvalue weighted by molar-refractivity contribution is -0.276. The van der Waals surface area contributed by atoms with Crippen molar-refractivity contribution in [3.05, 3.63) is 131 Å². The first-order chi connectivity index (χ1) is 27.4. The van der Waals surface area contributed by atoms with Gasteiger partial charge in [0.2, 0.25) is 0 Å². The van der Waals surface area contributed by atoms with E-state index in [0.717, 1.165) is 58.3 Å². The largest absolute Gasteiger partial charge is 0.467 e. The molecule has 0 aromatic heterocycles. The molecule has 2 fully saturated rings. The number of hydrogen-bond acceptors (Lipinski definition) is 9. The summed E-state index contributed by atoms with van der Waals surface area (Å²) in [4.78, 5) is 40.7. The van der Waals surface area contributed by atoms with E-state index in [4.69, 9.17) is 18.9 Å². The Bertz CT molecular complexity index is 1950. The van der Waals surface area contributed by atoms with Crippen molar-refractivity contribution in [1.82, 2.24) is 15.5 Å². The third-order valence-electron chi connectivity index (χ3n) is 10.6. The molecule has 4 aromatic carbocycles. The van der Waals surface area contributed by atoms with E-state index >= 15 is 0 Å². The van der Waals surface area contributed by atoms with Crippen molar-refractivity contribution in [3.63, 3.8) is 0 Å². The zero-order valence-corrected chi connectivity index (χ0v) is 33.5. The van der Waals surface area contributed by atoms with Crippen molar-refractivity contribution < 1.29 is 38.4 Å². The molecule has 0 saturated carbocycles. The Hall–Kier alpha value is -5.07. The molecule has 0 spiro atoms. The van der Waals surface area contributed by atoms with Crippen LogP contribution in [0.5, 0.6) is 0 Å². The second-order valence-corrected chi connectivity index (χ2v) is 15.9. The number of hydrogen-bond donors (Lipinski definition) is 3. The van der Waals surface area contributed by atoms with Gasteiger partial charge in [-0.1, -0.05) is 104 Å². The Kier molecular flexibility index (Phi) is 13.8. The van der Waals surface area contributed by atoms with Gasteiger partial charge in [-0.25, -0.2) is 9.59 Å². The Balaban J connectivity index is 1.14. The number of urea groups is 1. The fourth-order valence-electron chi connectivity index (χ4n) is 7.51. The van der Waals surface area contributed by atoms with E-state index < -0.39 is 29.9 Å². The molecule has 6 atom stereocenters. The second-order valence-electron chi connectivity index (χ2n) is 15.9. The highest BCUT2D eigenvalue weighted by Crippen LogP contribution is 2.42. The average Bonchev–Trinajstić information content (AvgIpc) is 3.69. The van der Waals surface area contributed by atoms with Gasteiger partial charge in [0.1, 0.15) is 17.7 Å². The highest BCUT2D eigenvalue weighted by atomic mass is 16.7. The molecule has 57 heavy (non-hydrogen) atoms. The lowest BCUT2D eigenvalue weighted by Crippen LogP contribution is -2.48. The van der Waals surface area contributed by atoms with E-state index in [1.54, 1.807) is 0 Å². The number of aliphatic hydroxyl groups excluding tert-OH is 1. The quantitative estimate of drug-likeness (QED) is 0.122. The molecule has 2 amide bonds. The maximum Gasteiger partial charge on any atom is 0.328 e. The number of ether oxygens (including phenoxy) is 4. The third kappa shape index (κ3) is 11.1. The molecular formula is C46H55N3O8. The zero-order chi connectivity index (χ0) is 40.5. The topological polar surface area (TPSA) is 136 Å². The van der Waals surface area contributed by atoms with Crippen LogP contribution >= 0.6 is 0 Å². The molecular weight excluding hydrogens is 723 g/mol. The van der Waals surface area contributed by atoms with Gasteiger partial charge in [-0.15, -0.1) is 0 Å². The van der Waals surface area contributed by atoms with E-state index in [9.17, 15) is 19.5 Å². The molecule has 0 radical (unpaired) electrons. The van der Waals surface area contributed by atoms with E-state index in [1.807, 2.05) is 124 Å². The van der Waals surface area contributed by atoms with Crippen LogP contribution in [0.2, 0.25) is 0 Å². The summed E-state index contributed by atoms with van der Waals surface area (Å²) in [5, 5.41) is 15.3. The molecule has 4 aromatic rings. The summed E-state index contributed by atoms with van der Waals surface area (Å²) < 4.78 is 24.2. The normalized spacial score (nSPS) is 21.7. The number of methoxy groups -OCH3 is 1. The average molecular weight is 778 g/mol.